The molecule has 3 heterocycles. The van der Waals surface area contributed by atoms with Crippen LogP contribution in [0.15, 0.2) is 0 Å². The molecule has 3 aliphatic heterocycles. The van der Waals surface area contributed by atoms with E-state index in [1.54, 1.807) is 0 Å². The summed E-state index contributed by atoms with van der Waals surface area (Å²) in [7, 11) is 0. The molecule has 5 nitrogen and oxygen atoms in total. The lowest BCUT2D eigenvalue weighted by Crippen LogP contribution is -2.45. The number of hydrogen-bond donors (Lipinski definition) is 2. The highest BCUT2D eigenvalue weighted by Gasteiger charge is 2.35. The summed E-state index contributed by atoms with van der Waals surface area (Å²) in [5.41, 5.74) is 0. The van der Waals surface area contributed by atoms with E-state index in [0.29, 0.717) is 36.2 Å². The second-order valence-electron chi connectivity index (χ2n) is 8.08. The molecule has 3 fully saturated rings. The number of carbonyl (C=O) groups is 2. The molecule has 0 aliphatic carbocycles. The molecule has 3 aliphatic rings. The minimum absolute atomic E-state index is 0. The molecule has 0 aromatic rings. The Bertz CT molecular complexity index is 448. The molecular formula is C19H34ClN3O2. The summed E-state index contributed by atoms with van der Waals surface area (Å²) in [4.78, 5) is 26.4. The number of carbonyl (C=O) groups excluding carboxylic acids is 2. The van der Waals surface area contributed by atoms with Gasteiger partial charge in [0.15, 0.2) is 0 Å². The Balaban J connectivity index is 0.00000225. The molecule has 25 heavy (non-hydrogen) atoms. The zero-order valence-corrected chi connectivity index (χ0v) is 16.3. The number of hydrogen-bond acceptors (Lipinski definition) is 3. The van der Waals surface area contributed by atoms with Gasteiger partial charge in [0, 0.05) is 44.6 Å². The number of nitrogens with one attached hydrogen (secondary N) is 2. The first-order valence-corrected chi connectivity index (χ1v) is 9.94. The predicted molar refractivity (Wildman–Crippen MR) is 102 cm³/mol. The molecule has 3 atom stereocenters. The Hall–Kier alpha value is -0.810. The average Bonchev–Trinajstić information content (AvgIpc) is 2.92. The fourth-order valence-electron chi connectivity index (χ4n) is 4.75. The van der Waals surface area contributed by atoms with E-state index in [0.717, 1.165) is 45.3 Å². The van der Waals surface area contributed by atoms with Crippen molar-refractivity contribution in [1.29, 1.82) is 0 Å². The van der Waals surface area contributed by atoms with Crippen LogP contribution in [-0.2, 0) is 9.59 Å². The molecule has 6 heteroatoms. The van der Waals surface area contributed by atoms with Gasteiger partial charge >= 0.3 is 0 Å². The molecule has 2 N–H and O–H groups in total. The Morgan fingerprint density at radius 1 is 1.12 bits per heavy atom. The van der Waals surface area contributed by atoms with E-state index < -0.39 is 0 Å². The predicted octanol–water partition coefficient (Wildman–Crippen LogP) is 2.48. The van der Waals surface area contributed by atoms with Gasteiger partial charge in [0.1, 0.15) is 0 Å². The lowest BCUT2D eigenvalue weighted by Gasteiger charge is -2.35. The zero-order chi connectivity index (χ0) is 16.9. The van der Waals surface area contributed by atoms with Gasteiger partial charge in [0.05, 0.1) is 0 Å². The second kappa shape index (κ2) is 9.77. The lowest BCUT2D eigenvalue weighted by atomic mass is 9.88. The van der Waals surface area contributed by atoms with Crippen LogP contribution in [0.2, 0.25) is 0 Å². The Morgan fingerprint density at radius 2 is 1.84 bits per heavy atom. The van der Waals surface area contributed by atoms with Crippen molar-refractivity contribution in [2.24, 2.45) is 11.8 Å². The number of nitrogens with zero attached hydrogens (tertiary/aromatic N) is 1. The van der Waals surface area contributed by atoms with Crippen LogP contribution in [0.25, 0.3) is 0 Å². The van der Waals surface area contributed by atoms with Gasteiger partial charge < -0.3 is 15.5 Å². The number of piperidine rings is 2. The van der Waals surface area contributed by atoms with E-state index in [-0.39, 0.29) is 18.3 Å². The molecule has 3 rings (SSSR count). The van der Waals surface area contributed by atoms with Crippen molar-refractivity contribution in [3.05, 3.63) is 0 Å². The Kier molecular flexibility index (Phi) is 8.01. The third-order valence-electron chi connectivity index (χ3n) is 5.97. The van der Waals surface area contributed by atoms with Crippen LogP contribution < -0.4 is 10.6 Å². The van der Waals surface area contributed by atoms with Crippen molar-refractivity contribution >= 4 is 24.2 Å². The summed E-state index contributed by atoms with van der Waals surface area (Å²) in [6, 6.07) is 1.31. The van der Waals surface area contributed by atoms with Gasteiger partial charge in [-0.2, -0.15) is 0 Å². The molecule has 0 radical (unpaired) electrons. The van der Waals surface area contributed by atoms with E-state index in [2.05, 4.69) is 15.5 Å². The smallest absolute Gasteiger partial charge is 0.222 e. The molecular weight excluding hydrogens is 338 g/mol. The highest BCUT2D eigenvalue weighted by molar-refractivity contribution is 5.85. The van der Waals surface area contributed by atoms with Crippen molar-refractivity contribution in [3.8, 4) is 0 Å². The normalized spacial score (nSPS) is 31.3. The van der Waals surface area contributed by atoms with Crippen molar-refractivity contribution in [3.63, 3.8) is 0 Å². The number of rotatable bonds is 6. The second-order valence-corrected chi connectivity index (χ2v) is 8.08. The third kappa shape index (κ3) is 5.85. The van der Waals surface area contributed by atoms with Gasteiger partial charge in [0.2, 0.25) is 11.8 Å². The molecule has 0 spiro atoms. The maximum Gasteiger partial charge on any atom is 0.222 e. The molecule has 2 amide bonds. The van der Waals surface area contributed by atoms with Crippen LogP contribution in [0.1, 0.15) is 64.7 Å². The topological polar surface area (TPSA) is 61.4 Å². The summed E-state index contributed by atoms with van der Waals surface area (Å²) in [6.07, 6.45) is 9.33. The molecule has 3 unspecified atom stereocenters. The number of halogens is 1. The van der Waals surface area contributed by atoms with Gasteiger partial charge in [-0.05, 0) is 56.8 Å². The highest BCUT2D eigenvalue weighted by Crippen LogP contribution is 2.33. The first kappa shape index (κ1) is 20.5. The largest absolute Gasteiger partial charge is 0.356 e. The van der Waals surface area contributed by atoms with Crippen molar-refractivity contribution in [2.75, 3.05) is 19.6 Å². The van der Waals surface area contributed by atoms with Gasteiger partial charge in [-0.25, -0.2) is 0 Å². The number of fused-ring (bicyclic) bond motifs is 2. The average molecular weight is 372 g/mol. The molecule has 3 saturated heterocycles. The van der Waals surface area contributed by atoms with Crippen LogP contribution in [0.3, 0.4) is 0 Å². The minimum Gasteiger partial charge on any atom is -0.356 e. The molecule has 0 saturated carbocycles. The summed E-state index contributed by atoms with van der Waals surface area (Å²) >= 11 is 0. The lowest BCUT2D eigenvalue weighted by molar-refractivity contribution is -0.134. The summed E-state index contributed by atoms with van der Waals surface area (Å²) in [6.45, 7) is 4.47. The fraction of sp³-hybridized carbons (Fsp3) is 0.895. The first-order chi connectivity index (χ1) is 11.6. The fourth-order valence-corrected chi connectivity index (χ4v) is 4.75. The molecule has 0 aromatic carbocycles. The van der Waals surface area contributed by atoms with Gasteiger partial charge in [-0.1, -0.05) is 6.92 Å². The van der Waals surface area contributed by atoms with Gasteiger partial charge in [-0.3, -0.25) is 9.59 Å². The molecule has 2 bridgehead atoms. The number of amides is 2. The van der Waals surface area contributed by atoms with Crippen LogP contribution in [-0.4, -0.2) is 48.4 Å². The Morgan fingerprint density at radius 3 is 2.52 bits per heavy atom. The minimum atomic E-state index is 0. The summed E-state index contributed by atoms with van der Waals surface area (Å²) < 4.78 is 0. The molecule has 0 aromatic heterocycles. The zero-order valence-electron chi connectivity index (χ0n) is 15.5. The van der Waals surface area contributed by atoms with E-state index in [9.17, 15) is 9.59 Å². The Labute approximate surface area is 158 Å². The molecule has 144 valence electrons. The van der Waals surface area contributed by atoms with Gasteiger partial charge in [0.25, 0.3) is 0 Å². The quantitative estimate of drug-likeness (QED) is 0.754. The monoisotopic (exact) mass is 371 g/mol. The summed E-state index contributed by atoms with van der Waals surface area (Å²) in [5, 5.41) is 6.68. The highest BCUT2D eigenvalue weighted by atomic mass is 35.5. The van der Waals surface area contributed by atoms with E-state index in [1.165, 1.54) is 25.7 Å². The maximum absolute atomic E-state index is 12.7. The van der Waals surface area contributed by atoms with Crippen molar-refractivity contribution in [1.82, 2.24) is 15.5 Å². The van der Waals surface area contributed by atoms with Crippen LogP contribution in [0.5, 0.6) is 0 Å². The van der Waals surface area contributed by atoms with Crippen molar-refractivity contribution < 1.29 is 9.59 Å². The van der Waals surface area contributed by atoms with E-state index >= 15 is 0 Å². The van der Waals surface area contributed by atoms with E-state index in [1.807, 2.05) is 6.92 Å². The summed E-state index contributed by atoms with van der Waals surface area (Å²) in [5.74, 6) is 1.48. The van der Waals surface area contributed by atoms with E-state index in [4.69, 9.17) is 0 Å². The van der Waals surface area contributed by atoms with Gasteiger partial charge in [-0.15, -0.1) is 12.4 Å². The van der Waals surface area contributed by atoms with Crippen LogP contribution >= 0.6 is 12.4 Å². The van der Waals surface area contributed by atoms with Crippen LogP contribution in [0, 0.1) is 11.8 Å². The standard InChI is InChI=1S/C19H33N3O2.ClH/c1-2-4-18(23)20-12-14-5-3-8-22(13-14)19(24)11-15-9-16-6-7-17(10-15)21-16;/h14-17,21H,2-13H2,1H3,(H,20,23);1H. The van der Waals surface area contributed by atoms with Crippen LogP contribution in [0.4, 0.5) is 0 Å². The maximum atomic E-state index is 12.7. The van der Waals surface area contributed by atoms with Crippen molar-refractivity contribution in [2.45, 2.75) is 76.8 Å². The number of likely N-dealkylation sites (tertiary alicyclic amines) is 1. The first-order valence-electron chi connectivity index (χ1n) is 9.94. The SMILES string of the molecule is CCCC(=O)NCC1CCCN(C(=O)CC2CC3CCC(C2)N3)C1.Cl. The third-order valence-corrected chi connectivity index (χ3v) is 5.97.